The lowest BCUT2D eigenvalue weighted by Gasteiger charge is -2.41. The van der Waals surface area contributed by atoms with Crippen molar-refractivity contribution in [3.05, 3.63) is 191 Å². The fourth-order valence-corrected chi connectivity index (χ4v) is 7.22. The van der Waals surface area contributed by atoms with E-state index in [1.807, 2.05) is 42.5 Å². The Morgan fingerprint density at radius 3 is 1.75 bits per heavy atom. The van der Waals surface area contributed by atoms with Crippen LogP contribution < -0.4 is 10.1 Å². The fraction of sp³-hybridized carbons (Fsp3) is 0.0500. The number of amidine groups is 2. The van der Waals surface area contributed by atoms with Crippen molar-refractivity contribution in [2.45, 2.75) is 11.6 Å². The number of hydrogen-bond acceptors (Lipinski definition) is 4. The minimum absolute atomic E-state index is 0.394. The van der Waals surface area contributed by atoms with E-state index in [1.54, 1.807) is 0 Å². The van der Waals surface area contributed by atoms with Gasteiger partial charge in [0.05, 0.1) is 5.41 Å². The van der Waals surface area contributed by atoms with Crippen LogP contribution in [0, 0.1) is 0 Å². The molecule has 1 N–H and O–H groups in total. The Morgan fingerprint density at radius 1 is 0.477 bits per heavy atom. The van der Waals surface area contributed by atoms with E-state index in [1.165, 1.54) is 22.3 Å². The smallest absolute Gasteiger partial charge is 0.169 e. The molecular formula is C40H27N3O. The summed E-state index contributed by atoms with van der Waals surface area (Å²) >= 11 is 0. The highest BCUT2D eigenvalue weighted by atomic mass is 16.5. The Hall–Kier alpha value is -5.74. The van der Waals surface area contributed by atoms with Crippen molar-refractivity contribution in [3.8, 4) is 22.6 Å². The number of nitrogens with zero attached hydrogens (tertiary/aromatic N) is 2. The van der Waals surface area contributed by atoms with Gasteiger partial charge in [0, 0.05) is 22.3 Å². The van der Waals surface area contributed by atoms with Gasteiger partial charge >= 0.3 is 0 Å². The Kier molecular flexibility index (Phi) is 5.44. The molecule has 208 valence electrons. The SMILES string of the molecule is c1ccc(C2=NC(c3ccccc3)N=C(c3cccc4c3C3(c5ccccc5O4)c4ccccc4-c4ccccc43)N2)cc1. The third kappa shape index (κ3) is 3.51. The molecule has 0 bridgehead atoms. The highest BCUT2D eigenvalue weighted by molar-refractivity contribution is 6.17. The first-order valence-electron chi connectivity index (χ1n) is 15.0. The number of fused-ring (bicyclic) bond motifs is 9. The molecule has 0 aromatic heterocycles. The van der Waals surface area contributed by atoms with Crippen LogP contribution in [0.2, 0.25) is 0 Å². The minimum atomic E-state index is -0.595. The number of ether oxygens (including phenoxy) is 1. The van der Waals surface area contributed by atoms with Gasteiger partial charge in [-0.15, -0.1) is 0 Å². The zero-order chi connectivity index (χ0) is 29.1. The predicted molar refractivity (Wildman–Crippen MR) is 176 cm³/mol. The van der Waals surface area contributed by atoms with Crippen molar-refractivity contribution in [1.29, 1.82) is 0 Å². The molecule has 44 heavy (non-hydrogen) atoms. The number of hydrogen-bond donors (Lipinski definition) is 1. The zero-order valence-electron chi connectivity index (χ0n) is 23.8. The highest BCUT2D eigenvalue weighted by Gasteiger charge is 2.52. The van der Waals surface area contributed by atoms with Crippen LogP contribution in [0.15, 0.2) is 162 Å². The average Bonchev–Trinajstić information content (AvgIpc) is 3.39. The van der Waals surface area contributed by atoms with E-state index in [0.717, 1.165) is 51.0 Å². The van der Waals surface area contributed by atoms with Gasteiger partial charge in [0.2, 0.25) is 0 Å². The van der Waals surface area contributed by atoms with Crippen LogP contribution in [-0.4, -0.2) is 11.7 Å². The summed E-state index contributed by atoms with van der Waals surface area (Å²) in [7, 11) is 0. The van der Waals surface area contributed by atoms with Gasteiger partial charge < -0.3 is 10.1 Å². The third-order valence-corrected chi connectivity index (χ3v) is 9.00. The van der Waals surface area contributed by atoms with Gasteiger partial charge in [-0.25, -0.2) is 9.98 Å². The van der Waals surface area contributed by atoms with Gasteiger partial charge in [0.15, 0.2) is 6.17 Å². The fourth-order valence-electron chi connectivity index (χ4n) is 7.22. The minimum Gasteiger partial charge on any atom is -0.457 e. The number of benzene rings is 6. The molecule has 4 heteroatoms. The number of rotatable bonds is 3. The second-order valence-corrected chi connectivity index (χ2v) is 11.3. The summed E-state index contributed by atoms with van der Waals surface area (Å²) < 4.78 is 6.74. The molecule has 1 spiro atoms. The molecule has 0 saturated heterocycles. The molecule has 4 nitrogen and oxygen atoms in total. The van der Waals surface area contributed by atoms with Crippen LogP contribution in [0.5, 0.6) is 11.5 Å². The maximum absolute atomic E-state index is 6.74. The molecule has 3 aliphatic rings. The van der Waals surface area contributed by atoms with E-state index in [4.69, 9.17) is 14.7 Å². The summed E-state index contributed by atoms with van der Waals surface area (Å²) in [5.41, 5.74) is 9.65. The van der Waals surface area contributed by atoms with Crippen LogP contribution in [0.1, 0.15) is 45.1 Å². The summed E-state index contributed by atoms with van der Waals surface area (Å²) in [6.45, 7) is 0. The van der Waals surface area contributed by atoms with Gasteiger partial charge in [-0.3, -0.25) is 0 Å². The largest absolute Gasteiger partial charge is 0.457 e. The summed E-state index contributed by atoms with van der Waals surface area (Å²) in [5.74, 6) is 3.27. The summed E-state index contributed by atoms with van der Waals surface area (Å²) in [6.07, 6.45) is -0.394. The van der Waals surface area contributed by atoms with Crippen molar-refractivity contribution >= 4 is 11.7 Å². The second kappa shape index (κ2) is 9.65. The van der Waals surface area contributed by atoms with Gasteiger partial charge in [0.1, 0.15) is 23.2 Å². The van der Waals surface area contributed by atoms with Crippen molar-refractivity contribution in [3.63, 3.8) is 0 Å². The molecule has 0 fully saturated rings. The lowest BCUT2D eigenvalue weighted by Crippen LogP contribution is -2.40. The van der Waals surface area contributed by atoms with Crippen molar-refractivity contribution in [2.75, 3.05) is 0 Å². The molecule has 1 atom stereocenters. The first kappa shape index (κ1) is 24.8. The summed E-state index contributed by atoms with van der Waals surface area (Å²) in [5, 5.41) is 3.66. The van der Waals surface area contributed by atoms with Crippen LogP contribution in [-0.2, 0) is 5.41 Å². The lowest BCUT2D eigenvalue weighted by atomic mass is 9.64. The van der Waals surface area contributed by atoms with E-state index < -0.39 is 11.6 Å². The molecule has 0 radical (unpaired) electrons. The molecule has 2 heterocycles. The first-order chi connectivity index (χ1) is 21.8. The molecule has 2 aliphatic heterocycles. The normalized spacial score (nSPS) is 16.8. The average molecular weight is 566 g/mol. The summed E-state index contributed by atoms with van der Waals surface area (Å²) in [4.78, 5) is 10.4. The third-order valence-electron chi connectivity index (χ3n) is 9.00. The monoisotopic (exact) mass is 565 g/mol. The number of nitrogens with one attached hydrogen (secondary N) is 1. The molecular weight excluding hydrogens is 538 g/mol. The molecule has 6 aromatic carbocycles. The first-order valence-corrected chi connectivity index (χ1v) is 15.0. The summed E-state index contributed by atoms with van der Waals surface area (Å²) in [6, 6.07) is 52.9. The molecule has 0 amide bonds. The second-order valence-electron chi connectivity index (χ2n) is 11.3. The number of aliphatic imine (C=N–C) groups is 2. The molecule has 1 aliphatic carbocycles. The van der Waals surface area contributed by atoms with E-state index in [0.29, 0.717) is 0 Å². The Labute approximate surface area is 256 Å². The van der Waals surface area contributed by atoms with Crippen LogP contribution in [0.3, 0.4) is 0 Å². The van der Waals surface area contributed by atoms with Crippen molar-refractivity contribution in [2.24, 2.45) is 9.98 Å². The molecule has 9 rings (SSSR count). The van der Waals surface area contributed by atoms with Gasteiger partial charge in [0.25, 0.3) is 0 Å². The maximum atomic E-state index is 6.74. The standard InChI is InChI=1S/C40H27N3O/c1-3-14-26(15-4-1)37-41-38(27-16-5-2-6-17-27)43-39(42-37)30-20-13-25-35-36(30)40(33-23-11-12-24-34(33)44-35)31-21-9-7-18-28(31)29-19-8-10-22-32(29)40/h1-25,37H,(H,41,42,43). The van der Waals surface area contributed by atoms with E-state index in [9.17, 15) is 0 Å². The van der Waals surface area contributed by atoms with E-state index in [2.05, 4.69) is 115 Å². The van der Waals surface area contributed by atoms with E-state index in [-0.39, 0.29) is 0 Å². The maximum Gasteiger partial charge on any atom is 0.169 e. The molecule has 1 unspecified atom stereocenters. The van der Waals surface area contributed by atoms with Crippen LogP contribution in [0.25, 0.3) is 11.1 Å². The van der Waals surface area contributed by atoms with E-state index >= 15 is 0 Å². The Morgan fingerprint density at radius 2 is 1.02 bits per heavy atom. The zero-order valence-corrected chi connectivity index (χ0v) is 23.8. The Bertz CT molecular complexity index is 2090. The van der Waals surface area contributed by atoms with Crippen LogP contribution >= 0.6 is 0 Å². The number of para-hydroxylation sites is 1. The van der Waals surface area contributed by atoms with Gasteiger partial charge in [-0.05, 0) is 39.9 Å². The highest BCUT2D eigenvalue weighted by Crippen LogP contribution is 2.62. The van der Waals surface area contributed by atoms with Crippen LogP contribution in [0.4, 0.5) is 0 Å². The topological polar surface area (TPSA) is 46.0 Å². The van der Waals surface area contributed by atoms with Gasteiger partial charge in [-0.2, -0.15) is 0 Å². The predicted octanol–water partition coefficient (Wildman–Crippen LogP) is 8.65. The quantitative estimate of drug-likeness (QED) is 0.233. The van der Waals surface area contributed by atoms with Gasteiger partial charge in [-0.1, -0.05) is 140 Å². The van der Waals surface area contributed by atoms with Crippen molar-refractivity contribution < 1.29 is 4.74 Å². The Balaban J connectivity index is 1.34. The molecule has 0 saturated carbocycles. The van der Waals surface area contributed by atoms with Crippen molar-refractivity contribution in [1.82, 2.24) is 5.32 Å². The molecule has 6 aromatic rings. The lowest BCUT2D eigenvalue weighted by molar-refractivity contribution is 0.436.